The number of hydrogen-bond donors (Lipinski definition) is 2. The van der Waals surface area contributed by atoms with E-state index in [1.165, 1.54) is 24.5 Å². The highest BCUT2D eigenvalue weighted by Gasteiger charge is 2.55. The molecule has 6 heteroatoms. The number of aromatic amines is 1. The number of quaternary nitrogens is 1. The second-order valence-electron chi connectivity index (χ2n) is 8.09. The number of ether oxygens (including phenoxy) is 2. The van der Waals surface area contributed by atoms with Gasteiger partial charge in [0.1, 0.15) is 12.0 Å². The number of carbonyl (C=O) groups excluding carboxylic acids is 2. The van der Waals surface area contributed by atoms with Crippen molar-refractivity contribution in [1.29, 1.82) is 0 Å². The smallest absolute Gasteiger partial charge is 0.321 e. The molecule has 0 spiro atoms. The molecule has 4 heterocycles. The van der Waals surface area contributed by atoms with E-state index in [0.717, 1.165) is 54.5 Å². The molecular weight excluding hydrogens is 368 g/mol. The Morgan fingerprint density at radius 3 is 2.79 bits per heavy atom. The zero-order valence-electron chi connectivity index (χ0n) is 17.3. The van der Waals surface area contributed by atoms with Crippen molar-refractivity contribution in [2.75, 3.05) is 26.8 Å². The van der Waals surface area contributed by atoms with E-state index in [-0.39, 0.29) is 18.5 Å². The van der Waals surface area contributed by atoms with Crippen molar-refractivity contribution in [3.63, 3.8) is 0 Å². The number of nitrogens with one attached hydrogen (secondary N) is 2. The summed E-state index contributed by atoms with van der Waals surface area (Å²) in [7, 11) is 1.42. The first-order valence-corrected chi connectivity index (χ1v) is 10.4. The highest BCUT2D eigenvalue weighted by atomic mass is 16.5. The number of aromatic nitrogens is 1. The van der Waals surface area contributed by atoms with Gasteiger partial charge in [0.2, 0.25) is 0 Å². The fourth-order valence-corrected chi connectivity index (χ4v) is 5.23. The van der Waals surface area contributed by atoms with E-state index in [1.807, 2.05) is 18.2 Å². The van der Waals surface area contributed by atoms with E-state index in [2.05, 4.69) is 24.2 Å². The predicted octanol–water partition coefficient (Wildman–Crippen LogP) is 1.90. The first-order chi connectivity index (χ1) is 14.0. The van der Waals surface area contributed by atoms with Gasteiger partial charge in [-0.05, 0) is 23.6 Å². The predicted molar refractivity (Wildman–Crippen MR) is 110 cm³/mol. The lowest BCUT2D eigenvalue weighted by atomic mass is 9.66. The molecule has 0 saturated carbocycles. The molecule has 3 atom stereocenters. The molecule has 1 aromatic carbocycles. The minimum atomic E-state index is -1.08. The summed E-state index contributed by atoms with van der Waals surface area (Å²) in [6, 6.07) is 8.13. The lowest BCUT2D eigenvalue weighted by molar-refractivity contribution is -0.850. The van der Waals surface area contributed by atoms with Crippen molar-refractivity contribution in [3.8, 4) is 0 Å². The standard InChI is InChI=1S/C23H28N2O4/c1-4-16-13-25-11-9-18-17-7-5-6-8-20(17)24-21(18)23(22(27)28-3,14-29-15(2)26)19(16)10-12-25/h5-8,13,19,24H,4,9-12,14H2,1-3H3/p+1/t19-,23-/m0/s1. The number of esters is 2. The summed E-state index contributed by atoms with van der Waals surface area (Å²) in [5.41, 5.74) is 3.13. The molecular formula is C23H29N2O4+. The van der Waals surface area contributed by atoms with Crippen LogP contribution in [0.1, 0.15) is 37.9 Å². The van der Waals surface area contributed by atoms with Crippen LogP contribution in [0.4, 0.5) is 0 Å². The summed E-state index contributed by atoms with van der Waals surface area (Å²) in [6.07, 6.45) is 4.82. The molecule has 3 aliphatic heterocycles. The molecule has 0 radical (unpaired) electrons. The Morgan fingerprint density at radius 2 is 2.07 bits per heavy atom. The average Bonchev–Trinajstić information content (AvgIpc) is 3.14. The number of benzene rings is 1. The summed E-state index contributed by atoms with van der Waals surface area (Å²) in [5.74, 6) is -0.815. The van der Waals surface area contributed by atoms with Crippen LogP contribution in [0.3, 0.4) is 0 Å². The van der Waals surface area contributed by atoms with Crippen LogP contribution in [0.5, 0.6) is 0 Å². The van der Waals surface area contributed by atoms with Gasteiger partial charge >= 0.3 is 11.9 Å². The van der Waals surface area contributed by atoms with Crippen LogP contribution in [0.15, 0.2) is 36.0 Å². The van der Waals surface area contributed by atoms with Gasteiger partial charge in [-0.25, -0.2) is 0 Å². The first kappa shape index (κ1) is 19.7. The third-order valence-electron chi connectivity index (χ3n) is 6.60. The van der Waals surface area contributed by atoms with E-state index in [0.29, 0.717) is 0 Å². The minimum absolute atomic E-state index is 0.0217. The summed E-state index contributed by atoms with van der Waals surface area (Å²) < 4.78 is 10.9. The van der Waals surface area contributed by atoms with Crippen LogP contribution in [0.2, 0.25) is 0 Å². The van der Waals surface area contributed by atoms with Crippen molar-refractivity contribution < 1.29 is 24.0 Å². The monoisotopic (exact) mass is 397 g/mol. The Hall–Kier alpha value is -2.60. The van der Waals surface area contributed by atoms with Gasteiger partial charge in [-0.3, -0.25) is 9.59 Å². The van der Waals surface area contributed by atoms with Crippen molar-refractivity contribution in [3.05, 3.63) is 47.3 Å². The van der Waals surface area contributed by atoms with Gasteiger partial charge in [0.05, 0.1) is 26.4 Å². The van der Waals surface area contributed by atoms with Crippen molar-refractivity contribution in [2.45, 2.75) is 38.5 Å². The quantitative estimate of drug-likeness (QED) is 0.773. The highest BCUT2D eigenvalue weighted by molar-refractivity contribution is 5.91. The van der Waals surface area contributed by atoms with Gasteiger partial charge in [-0.1, -0.05) is 25.1 Å². The molecule has 0 fully saturated rings. The van der Waals surface area contributed by atoms with Crippen LogP contribution in [-0.4, -0.2) is 43.7 Å². The third-order valence-corrected chi connectivity index (χ3v) is 6.60. The molecule has 5 rings (SSSR count). The van der Waals surface area contributed by atoms with E-state index < -0.39 is 11.4 Å². The number of carbonyl (C=O) groups is 2. The second kappa shape index (κ2) is 7.67. The van der Waals surface area contributed by atoms with Crippen LogP contribution >= 0.6 is 0 Å². The molecule has 0 amide bonds. The SMILES string of the molecule is CCC1=C[NH+]2CCc3c([nH]c4ccccc34)[C@@](COC(C)=O)(C(=O)OC)[C@H]1CC2. The maximum atomic E-state index is 13.5. The van der Waals surface area contributed by atoms with Gasteiger partial charge in [-0.2, -0.15) is 0 Å². The molecule has 2 N–H and O–H groups in total. The Morgan fingerprint density at radius 1 is 1.28 bits per heavy atom. The lowest BCUT2D eigenvalue weighted by Crippen LogP contribution is -3.08. The lowest BCUT2D eigenvalue weighted by Gasteiger charge is -2.40. The van der Waals surface area contributed by atoms with Crippen molar-refractivity contribution in [2.24, 2.45) is 5.92 Å². The molecule has 2 bridgehead atoms. The normalized spacial score (nSPS) is 26.1. The van der Waals surface area contributed by atoms with E-state index in [9.17, 15) is 9.59 Å². The van der Waals surface area contributed by atoms with Crippen molar-refractivity contribution in [1.82, 2.24) is 4.98 Å². The maximum absolute atomic E-state index is 13.5. The first-order valence-electron chi connectivity index (χ1n) is 10.4. The molecule has 2 aromatic rings. The second-order valence-corrected chi connectivity index (χ2v) is 8.09. The molecule has 0 aliphatic carbocycles. The van der Waals surface area contributed by atoms with Gasteiger partial charge in [0.25, 0.3) is 0 Å². The molecule has 29 heavy (non-hydrogen) atoms. The average molecular weight is 397 g/mol. The van der Waals surface area contributed by atoms with E-state index >= 15 is 0 Å². The molecule has 154 valence electrons. The van der Waals surface area contributed by atoms with Gasteiger partial charge in [-0.15, -0.1) is 0 Å². The Kier molecular flexibility index (Phi) is 5.21. The molecule has 6 nitrogen and oxygen atoms in total. The van der Waals surface area contributed by atoms with Crippen molar-refractivity contribution >= 4 is 22.8 Å². The van der Waals surface area contributed by atoms with E-state index in [1.54, 1.807) is 0 Å². The third kappa shape index (κ3) is 3.15. The van der Waals surface area contributed by atoms with Crippen LogP contribution in [0, 0.1) is 5.92 Å². The molecule has 1 aromatic heterocycles. The number of para-hydroxylation sites is 1. The summed E-state index contributed by atoms with van der Waals surface area (Å²) in [5, 5.41) is 1.12. The fraction of sp³-hybridized carbons (Fsp3) is 0.478. The number of allylic oxidation sites excluding steroid dienone is 1. The highest BCUT2D eigenvalue weighted by Crippen LogP contribution is 2.45. The van der Waals surface area contributed by atoms with Gasteiger partial charge < -0.3 is 19.4 Å². The zero-order chi connectivity index (χ0) is 20.6. The van der Waals surface area contributed by atoms with Gasteiger partial charge in [0, 0.05) is 42.3 Å². The van der Waals surface area contributed by atoms with Gasteiger partial charge in [0.15, 0.2) is 0 Å². The van der Waals surface area contributed by atoms with E-state index in [4.69, 9.17) is 9.47 Å². The van der Waals surface area contributed by atoms with Crippen LogP contribution in [-0.2, 0) is 30.9 Å². The Bertz CT molecular complexity index is 976. The summed E-state index contributed by atoms with van der Waals surface area (Å²) in [4.78, 5) is 30.3. The Labute approximate surface area is 170 Å². The summed E-state index contributed by atoms with van der Waals surface area (Å²) >= 11 is 0. The molecule has 3 aliphatic rings. The molecule has 0 saturated heterocycles. The number of fused-ring (bicyclic) bond motifs is 3. The largest absolute Gasteiger partial charge is 0.468 e. The number of H-pyrrole nitrogens is 1. The maximum Gasteiger partial charge on any atom is 0.321 e. The zero-order valence-corrected chi connectivity index (χ0v) is 17.3. The number of methoxy groups -OCH3 is 1. The summed E-state index contributed by atoms with van der Waals surface area (Å²) in [6.45, 7) is 5.41. The topological polar surface area (TPSA) is 72.8 Å². The van der Waals surface area contributed by atoms with Crippen LogP contribution < -0.4 is 4.90 Å². The minimum Gasteiger partial charge on any atom is -0.468 e. The number of rotatable bonds is 4. The van der Waals surface area contributed by atoms with Crippen LogP contribution in [0.25, 0.3) is 10.9 Å². The number of hydrogen-bond acceptors (Lipinski definition) is 4. The molecule has 1 unspecified atom stereocenters. The fourth-order valence-electron chi connectivity index (χ4n) is 5.23. The Balaban J connectivity index is 2.03.